The van der Waals surface area contributed by atoms with Crippen LogP contribution < -0.4 is 26.2 Å². The number of halogens is 3. The summed E-state index contributed by atoms with van der Waals surface area (Å²) in [5.41, 5.74) is 9.44. The van der Waals surface area contributed by atoms with Crippen molar-refractivity contribution in [3.63, 3.8) is 0 Å². The van der Waals surface area contributed by atoms with E-state index in [1.165, 1.54) is 6.07 Å². The van der Waals surface area contributed by atoms with Gasteiger partial charge in [0.05, 0.1) is 34.0 Å². The normalized spacial score (nSPS) is 14.2. The molecule has 8 nitrogen and oxygen atoms in total. The van der Waals surface area contributed by atoms with E-state index < -0.39 is 17.9 Å². The lowest BCUT2D eigenvalue weighted by Crippen LogP contribution is -2.32. The third kappa shape index (κ3) is 6.23. The predicted octanol–water partition coefficient (Wildman–Crippen LogP) is 5.50. The van der Waals surface area contributed by atoms with Crippen LogP contribution in [-0.4, -0.2) is 53.2 Å². The molecule has 0 radical (unpaired) electrons. The number of thioether (sulfide) groups is 1. The van der Waals surface area contributed by atoms with Crippen LogP contribution in [-0.2, 0) is 11.8 Å². The van der Waals surface area contributed by atoms with Crippen molar-refractivity contribution < 1.29 is 14.0 Å². The number of fused-ring (bicyclic) bond motifs is 1. The molecule has 0 saturated heterocycles. The number of aryl methyl sites for hydroxylation is 1. The van der Waals surface area contributed by atoms with E-state index in [0.717, 1.165) is 22.8 Å². The fourth-order valence-corrected chi connectivity index (χ4v) is 5.56. The summed E-state index contributed by atoms with van der Waals surface area (Å²) < 4.78 is 17.7. The maximum Gasteiger partial charge on any atom is 0.250 e. The molecule has 2 aromatic carbocycles. The van der Waals surface area contributed by atoms with Crippen molar-refractivity contribution in [3.8, 4) is 0 Å². The van der Waals surface area contributed by atoms with Gasteiger partial charge >= 0.3 is 0 Å². The van der Waals surface area contributed by atoms with Crippen LogP contribution in [0.3, 0.4) is 0 Å². The van der Waals surface area contributed by atoms with Crippen LogP contribution in [0.2, 0.25) is 0 Å². The molecule has 1 unspecified atom stereocenters. The number of hydrogen-bond acceptors (Lipinski definition) is 6. The van der Waals surface area contributed by atoms with Gasteiger partial charge in [-0.05, 0) is 36.6 Å². The Morgan fingerprint density at radius 3 is 2.56 bits per heavy atom. The van der Waals surface area contributed by atoms with Gasteiger partial charge in [-0.25, -0.2) is 4.39 Å². The highest BCUT2D eigenvalue weighted by molar-refractivity contribution is 7.98. The van der Waals surface area contributed by atoms with Crippen molar-refractivity contribution in [2.75, 3.05) is 57.3 Å². The number of nitrogens with one attached hydrogen (secondary N) is 2. The summed E-state index contributed by atoms with van der Waals surface area (Å²) in [4.78, 5) is 28.4. The van der Waals surface area contributed by atoms with E-state index in [4.69, 9.17) is 28.9 Å². The van der Waals surface area contributed by atoms with Crippen LogP contribution >= 0.6 is 35.0 Å². The maximum absolute atomic E-state index is 15.8. The molecule has 0 aliphatic carbocycles. The van der Waals surface area contributed by atoms with Gasteiger partial charge in [0.25, 0.3) is 5.91 Å². The second kappa shape index (κ2) is 12.8. The molecule has 3 aromatic rings. The standard InChI is InChI=1S/C27H31Cl2FN6O2S/c1-34-16-17(32-24(37)7-12-39-2)13-23(34)27-33-21-5-3-4-6-22(21)36(27)18-14-19(26(31)38)25(20(30)15-18)35(10-8-28)11-9-29/h3-6,13-16,27,33H,7-12H2,1-2H3,(H2,31,38)(H,32,37). The van der Waals surface area contributed by atoms with Crippen molar-refractivity contribution in [3.05, 3.63) is 65.7 Å². The van der Waals surface area contributed by atoms with E-state index >= 15 is 4.39 Å². The summed E-state index contributed by atoms with van der Waals surface area (Å²) >= 11 is 13.5. The molecule has 4 rings (SSSR count). The van der Waals surface area contributed by atoms with Gasteiger partial charge in [0.15, 0.2) is 0 Å². The molecule has 2 heterocycles. The molecule has 12 heteroatoms. The molecule has 1 atom stereocenters. The van der Waals surface area contributed by atoms with Crippen LogP contribution in [0, 0.1) is 5.82 Å². The zero-order valence-electron chi connectivity index (χ0n) is 21.7. The molecule has 0 bridgehead atoms. The van der Waals surface area contributed by atoms with Gasteiger partial charge in [-0.15, -0.1) is 23.2 Å². The Bertz CT molecular complexity index is 1350. The molecule has 1 aromatic heterocycles. The fraction of sp³-hybridized carbons (Fsp3) is 0.333. The average molecular weight is 594 g/mol. The Hall–Kier alpha value is -3.08. The number of aromatic nitrogens is 1. The van der Waals surface area contributed by atoms with E-state index in [1.54, 1.807) is 22.7 Å². The van der Waals surface area contributed by atoms with E-state index in [9.17, 15) is 9.59 Å². The molecule has 1 aliphatic rings. The van der Waals surface area contributed by atoms with Crippen LogP contribution in [0.25, 0.3) is 0 Å². The number of primary amides is 1. The minimum atomic E-state index is -0.758. The predicted molar refractivity (Wildman–Crippen MR) is 161 cm³/mol. The Morgan fingerprint density at radius 1 is 1.18 bits per heavy atom. The number of amides is 2. The van der Waals surface area contributed by atoms with Crippen molar-refractivity contribution in [1.29, 1.82) is 0 Å². The summed E-state index contributed by atoms with van der Waals surface area (Å²) in [7, 11) is 1.88. The van der Waals surface area contributed by atoms with Crippen LogP contribution in [0.15, 0.2) is 48.7 Å². The lowest BCUT2D eigenvalue weighted by molar-refractivity contribution is -0.115. The van der Waals surface area contributed by atoms with Crippen molar-refractivity contribution in [1.82, 2.24) is 4.57 Å². The number of nitrogens with zero attached hydrogens (tertiary/aromatic N) is 3. The number of nitrogens with two attached hydrogens (primary N) is 1. The number of carbonyl (C=O) groups excluding carboxylic acids is 2. The average Bonchev–Trinajstić information content (AvgIpc) is 3.46. The summed E-state index contributed by atoms with van der Waals surface area (Å²) in [6.45, 7) is 0.604. The molecule has 4 N–H and O–H groups in total. The van der Waals surface area contributed by atoms with Crippen molar-refractivity contribution in [2.45, 2.75) is 12.6 Å². The number of carbonyl (C=O) groups is 2. The number of anilines is 5. The molecule has 208 valence electrons. The lowest BCUT2D eigenvalue weighted by atomic mass is 10.1. The number of benzene rings is 2. The molecular formula is C27H31Cl2FN6O2S. The monoisotopic (exact) mass is 592 g/mol. The largest absolute Gasteiger partial charge is 0.366 e. The van der Waals surface area contributed by atoms with Gasteiger partial charge in [0.2, 0.25) is 5.91 Å². The highest BCUT2D eigenvalue weighted by atomic mass is 35.5. The smallest absolute Gasteiger partial charge is 0.250 e. The second-order valence-corrected chi connectivity index (χ2v) is 10.8. The molecular weight excluding hydrogens is 562 g/mol. The third-order valence-electron chi connectivity index (χ3n) is 6.47. The minimum Gasteiger partial charge on any atom is -0.366 e. The number of para-hydroxylation sites is 2. The zero-order chi connectivity index (χ0) is 28.1. The van der Waals surface area contributed by atoms with Crippen LogP contribution in [0.1, 0.15) is 28.6 Å². The van der Waals surface area contributed by atoms with Crippen molar-refractivity contribution >= 4 is 75.2 Å². The highest BCUT2D eigenvalue weighted by Gasteiger charge is 2.34. The molecule has 39 heavy (non-hydrogen) atoms. The Kier molecular flexibility index (Phi) is 9.53. The van der Waals surface area contributed by atoms with Gasteiger partial charge in [-0.3, -0.25) is 9.59 Å². The maximum atomic E-state index is 15.8. The van der Waals surface area contributed by atoms with Crippen LogP contribution in [0.4, 0.5) is 32.8 Å². The van der Waals surface area contributed by atoms with Gasteiger partial charge in [0, 0.05) is 56.0 Å². The highest BCUT2D eigenvalue weighted by Crippen LogP contribution is 2.47. The SMILES string of the molecule is CSCCC(=O)Nc1cc(C2Nc3ccccc3N2c2cc(F)c(N(CCCl)CCCl)c(C(N)=O)c2)n(C)c1. The topological polar surface area (TPSA) is 95.6 Å². The second-order valence-electron chi connectivity index (χ2n) is 9.04. The van der Waals surface area contributed by atoms with Crippen LogP contribution in [0.5, 0.6) is 0 Å². The quantitative estimate of drug-likeness (QED) is 0.240. The van der Waals surface area contributed by atoms with Crippen molar-refractivity contribution in [2.24, 2.45) is 12.8 Å². The van der Waals surface area contributed by atoms with E-state index in [-0.39, 0.29) is 28.9 Å². The fourth-order valence-electron chi connectivity index (χ4n) is 4.76. The summed E-state index contributed by atoms with van der Waals surface area (Å²) in [5.74, 6) is -0.241. The third-order valence-corrected chi connectivity index (χ3v) is 7.42. The number of alkyl halides is 2. The van der Waals surface area contributed by atoms with E-state index in [1.807, 2.05) is 59.3 Å². The Balaban J connectivity index is 1.78. The number of rotatable bonds is 12. The summed E-state index contributed by atoms with van der Waals surface area (Å²) in [5, 5.41) is 6.44. The van der Waals surface area contributed by atoms with Gasteiger partial charge in [0.1, 0.15) is 12.0 Å². The molecule has 2 amide bonds. The zero-order valence-corrected chi connectivity index (χ0v) is 24.0. The minimum absolute atomic E-state index is 0.0389. The first-order chi connectivity index (χ1) is 18.8. The first kappa shape index (κ1) is 28.9. The summed E-state index contributed by atoms with van der Waals surface area (Å²) in [6.07, 6.45) is 3.75. The molecule has 0 saturated carbocycles. The Labute approximate surface area is 241 Å². The van der Waals surface area contributed by atoms with Gasteiger partial charge in [-0.1, -0.05) is 12.1 Å². The molecule has 1 aliphatic heterocycles. The first-order valence-electron chi connectivity index (χ1n) is 12.4. The Morgan fingerprint density at radius 2 is 1.90 bits per heavy atom. The number of hydrogen-bond donors (Lipinski definition) is 3. The summed E-state index contributed by atoms with van der Waals surface area (Å²) in [6, 6.07) is 12.5. The van der Waals surface area contributed by atoms with E-state index in [2.05, 4.69) is 10.6 Å². The van der Waals surface area contributed by atoms with Gasteiger partial charge in [-0.2, -0.15) is 11.8 Å². The van der Waals surface area contributed by atoms with Gasteiger partial charge < -0.3 is 30.7 Å². The molecule has 0 fully saturated rings. The van der Waals surface area contributed by atoms with E-state index in [0.29, 0.717) is 30.9 Å². The molecule has 0 spiro atoms. The lowest BCUT2D eigenvalue weighted by Gasteiger charge is -2.30. The first-order valence-corrected chi connectivity index (χ1v) is 14.8.